The summed E-state index contributed by atoms with van der Waals surface area (Å²) < 4.78 is 0. The summed E-state index contributed by atoms with van der Waals surface area (Å²) in [7, 11) is 0. The molecule has 1 heterocycles. The van der Waals surface area contributed by atoms with Crippen LogP contribution < -0.4 is 4.90 Å². The number of carbonyl (C=O) groups is 1. The molecule has 4 nitrogen and oxygen atoms in total. The van der Waals surface area contributed by atoms with Crippen molar-refractivity contribution in [2.75, 3.05) is 37.6 Å². The molecule has 0 spiro atoms. The predicted molar refractivity (Wildman–Crippen MR) is 81.7 cm³/mol. The molecule has 0 unspecified atom stereocenters. The van der Waals surface area contributed by atoms with Crippen molar-refractivity contribution in [1.29, 1.82) is 0 Å². The van der Waals surface area contributed by atoms with Crippen LogP contribution in [0.25, 0.3) is 0 Å². The van der Waals surface area contributed by atoms with E-state index in [4.69, 9.17) is 5.11 Å². The van der Waals surface area contributed by atoms with E-state index in [-0.39, 0.29) is 6.54 Å². The van der Waals surface area contributed by atoms with Gasteiger partial charge < -0.3 is 10.0 Å². The highest BCUT2D eigenvalue weighted by Gasteiger charge is 2.22. The van der Waals surface area contributed by atoms with Crippen molar-refractivity contribution in [3.63, 3.8) is 0 Å². The SMILES string of the molecule is Cc1cc(C)c(C)c(N2CCN(CC(=O)O)CC2)c1C. The predicted octanol–water partition coefficient (Wildman–Crippen LogP) is 2.13. The summed E-state index contributed by atoms with van der Waals surface area (Å²) in [6.45, 7) is 12.3. The molecule has 1 aromatic rings. The quantitative estimate of drug-likeness (QED) is 0.918. The van der Waals surface area contributed by atoms with Gasteiger partial charge in [-0.3, -0.25) is 9.69 Å². The maximum Gasteiger partial charge on any atom is 0.317 e. The first-order chi connectivity index (χ1) is 9.40. The van der Waals surface area contributed by atoms with E-state index in [9.17, 15) is 4.79 Å². The number of carboxylic acid groups (broad SMARTS) is 1. The Balaban J connectivity index is 2.17. The molecule has 1 saturated heterocycles. The van der Waals surface area contributed by atoms with Gasteiger partial charge in [-0.05, 0) is 49.9 Å². The molecule has 0 aromatic heterocycles. The first-order valence-electron chi connectivity index (χ1n) is 7.16. The number of aryl methyl sites for hydroxylation is 2. The summed E-state index contributed by atoms with van der Waals surface area (Å²) in [6, 6.07) is 2.24. The minimum Gasteiger partial charge on any atom is -0.480 e. The zero-order chi connectivity index (χ0) is 14.9. The van der Waals surface area contributed by atoms with Gasteiger partial charge in [-0.15, -0.1) is 0 Å². The van der Waals surface area contributed by atoms with E-state index >= 15 is 0 Å². The monoisotopic (exact) mass is 276 g/mol. The number of rotatable bonds is 3. The molecule has 0 aliphatic carbocycles. The van der Waals surface area contributed by atoms with Gasteiger partial charge in [0.25, 0.3) is 0 Å². The first-order valence-corrected chi connectivity index (χ1v) is 7.16. The summed E-state index contributed by atoms with van der Waals surface area (Å²) in [5, 5.41) is 8.85. The van der Waals surface area contributed by atoms with Crippen molar-refractivity contribution in [2.45, 2.75) is 27.7 Å². The fourth-order valence-electron chi connectivity index (χ4n) is 2.99. The zero-order valence-corrected chi connectivity index (χ0v) is 12.9. The Morgan fingerprint density at radius 2 is 1.55 bits per heavy atom. The van der Waals surface area contributed by atoms with Crippen molar-refractivity contribution < 1.29 is 9.90 Å². The van der Waals surface area contributed by atoms with E-state index in [2.05, 4.69) is 38.7 Å². The van der Waals surface area contributed by atoms with Crippen LogP contribution in [0.1, 0.15) is 22.3 Å². The standard InChI is InChI=1S/C16H24N2O2/c1-11-9-12(2)14(4)16(13(11)3)18-7-5-17(6-8-18)10-15(19)20/h9H,5-8,10H2,1-4H3,(H,19,20). The molecule has 4 heteroatoms. The Bertz CT molecular complexity index is 491. The second-order valence-corrected chi connectivity index (χ2v) is 5.77. The molecular formula is C16H24N2O2. The summed E-state index contributed by atoms with van der Waals surface area (Å²) >= 11 is 0. The average Bonchev–Trinajstić information content (AvgIpc) is 2.38. The number of carboxylic acids is 1. The first kappa shape index (κ1) is 14.9. The number of hydrogen-bond acceptors (Lipinski definition) is 3. The highest BCUT2D eigenvalue weighted by molar-refractivity contribution is 5.69. The highest BCUT2D eigenvalue weighted by Crippen LogP contribution is 2.30. The van der Waals surface area contributed by atoms with E-state index in [1.165, 1.54) is 27.9 Å². The van der Waals surface area contributed by atoms with E-state index in [0.717, 1.165) is 26.2 Å². The average molecular weight is 276 g/mol. The molecule has 0 atom stereocenters. The van der Waals surface area contributed by atoms with E-state index in [1.807, 2.05) is 4.90 Å². The van der Waals surface area contributed by atoms with Gasteiger partial charge in [0.2, 0.25) is 0 Å². The van der Waals surface area contributed by atoms with Crippen LogP contribution in [-0.2, 0) is 4.79 Å². The van der Waals surface area contributed by atoms with Crippen LogP contribution in [0.2, 0.25) is 0 Å². The Hall–Kier alpha value is -1.55. The van der Waals surface area contributed by atoms with Crippen LogP contribution >= 0.6 is 0 Å². The lowest BCUT2D eigenvalue weighted by Crippen LogP contribution is -2.48. The molecule has 2 rings (SSSR count). The smallest absolute Gasteiger partial charge is 0.317 e. The Kier molecular flexibility index (Phi) is 4.33. The summed E-state index contributed by atoms with van der Waals surface area (Å²) in [5.41, 5.74) is 6.70. The highest BCUT2D eigenvalue weighted by atomic mass is 16.4. The third kappa shape index (κ3) is 2.96. The molecule has 1 aliphatic heterocycles. The number of aliphatic carboxylic acids is 1. The molecule has 1 N–H and O–H groups in total. The second-order valence-electron chi connectivity index (χ2n) is 5.77. The van der Waals surface area contributed by atoms with Gasteiger partial charge in [0.05, 0.1) is 6.54 Å². The fourth-order valence-corrected chi connectivity index (χ4v) is 2.99. The lowest BCUT2D eigenvalue weighted by Gasteiger charge is -2.37. The van der Waals surface area contributed by atoms with Crippen LogP contribution in [0.4, 0.5) is 5.69 Å². The minimum absolute atomic E-state index is 0.151. The molecule has 1 aromatic carbocycles. The fraction of sp³-hybridized carbons (Fsp3) is 0.562. The van der Waals surface area contributed by atoms with E-state index in [0.29, 0.717) is 0 Å². The van der Waals surface area contributed by atoms with Crippen LogP contribution in [-0.4, -0.2) is 48.7 Å². The van der Waals surface area contributed by atoms with Gasteiger partial charge >= 0.3 is 5.97 Å². The van der Waals surface area contributed by atoms with E-state index in [1.54, 1.807) is 0 Å². The van der Waals surface area contributed by atoms with Gasteiger partial charge in [0, 0.05) is 31.9 Å². The molecular weight excluding hydrogens is 252 g/mol. The number of piperazine rings is 1. The Labute approximate surface area is 121 Å². The topological polar surface area (TPSA) is 43.8 Å². The van der Waals surface area contributed by atoms with Gasteiger partial charge in [0.15, 0.2) is 0 Å². The van der Waals surface area contributed by atoms with Crippen molar-refractivity contribution in [2.24, 2.45) is 0 Å². The van der Waals surface area contributed by atoms with Crippen molar-refractivity contribution in [3.05, 3.63) is 28.3 Å². The molecule has 0 saturated carbocycles. The third-order valence-corrected chi connectivity index (χ3v) is 4.37. The van der Waals surface area contributed by atoms with Gasteiger partial charge in [-0.2, -0.15) is 0 Å². The summed E-state index contributed by atoms with van der Waals surface area (Å²) in [6.07, 6.45) is 0. The third-order valence-electron chi connectivity index (χ3n) is 4.37. The maximum atomic E-state index is 10.8. The molecule has 110 valence electrons. The van der Waals surface area contributed by atoms with E-state index < -0.39 is 5.97 Å². The Morgan fingerprint density at radius 1 is 1.05 bits per heavy atom. The molecule has 0 bridgehead atoms. The Morgan fingerprint density at radius 3 is 2.00 bits per heavy atom. The number of hydrogen-bond donors (Lipinski definition) is 1. The van der Waals surface area contributed by atoms with Crippen molar-refractivity contribution in [1.82, 2.24) is 4.90 Å². The van der Waals surface area contributed by atoms with Crippen LogP contribution in [0, 0.1) is 27.7 Å². The molecule has 20 heavy (non-hydrogen) atoms. The normalized spacial score (nSPS) is 16.5. The van der Waals surface area contributed by atoms with Crippen molar-refractivity contribution >= 4 is 11.7 Å². The molecule has 1 fully saturated rings. The summed E-state index contributed by atoms with van der Waals surface area (Å²) in [5.74, 6) is -0.739. The van der Waals surface area contributed by atoms with Crippen LogP contribution in [0.15, 0.2) is 6.07 Å². The molecule has 0 radical (unpaired) electrons. The largest absolute Gasteiger partial charge is 0.480 e. The minimum atomic E-state index is -0.739. The van der Waals surface area contributed by atoms with Gasteiger partial charge in [0.1, 0.15) is 0 Å². The van der Waals surface area contributed by atoms with Gasteiger partial charge in [-0.25, -0.2) is 0 Å². The zero-order valence-electron chi connectivity index (χ0n) is 12.9. The van der Waals surface area contributed by atoms with Crippen molar-refractivity contribution in [3.8, 4) is 0 Å². The van der Waals surface area contributed by atoms with Gasteiger partial charge in [-0.1, -0.05) is 6.07 Å². The summed E-state index contributed by atoms with van der Waals surface area (Å²) in [4.78, 5) is 15.2. The number of anilines is 1. The molecule has 1 aliphatic rings. The lowest BCUT2D eigenvalue weighted by atomic mass is 9.97. The number of benzene rings is 1. The van der Waals surface area contributed by atoms with Crippen LogP contribution in [0.5, 0.6) is 0 Å². The molecule has 0 amide bonds. The second kappa shape index (κ2) is 5.83. The number of nitrogens with zero attached hydrogens (tertiary/aromatic N) is 2. The van der Waals surface area contributed by atoms with Crippen LogP contribution in [0.3, 0.4) is 0 Å². The maximum absolute atomic E-state index is 10.8. The lowest BCUT2D eigenvalue weighted by molar-refractivity contribution is -0.138.